The molecule has 0 radical (unpaired) electrons. The molecule has 3 fully saturated rings. The average Bonchev–Trinajstić information content (AvgIpc) is 3.18. The molecule has 2 aromatic carbocycles. The van der Waals surface area contributed by atoms with Gasteiger partial charge in [0.1, 0.15) is 11.9 Å². The van der Waals surface area contributed by atoms with E-state index in [-0.39, 0.29) is 23.9 Å². The van der Waals surface area contributed by atoms with Crippen LogP contribution in [0, 0.1) is 19.8 Å². The Hall–Kier alpha value is -4.35. The normalized spacial score (nSPS) is 23.0. The predicted octanol–water partition coefficient (Wildman–Crippen LogP) is 6.66. The maximum atomic E-state index is 13.6. The first-order valence-corrected chi connectivity index (χ1v) is 15.0. The number of methoxy groups -OCH3 is 1. The molecule has 1 aliphatic carbocycles. The third-order valence-corrected chi connectivity index (χ3v) is 9.21. The van der Waals surface area contributed by atoms with Crippen molar-refractivity contribution in [1.82, 2.24) is 14.9 Å². The number of cyclic esters (lactones) is 1. The summed E-state index contributed by atoms with van der Waals surface area (Å²) in [6.07, 6.45) is -3.98. The largest absolute Gasteiger partial charge is 0.496 e. The Kier molecular flexibility index (Phi) is 7.86. The molecule has 6 rings (SSSR count). The van der Waals surface area contributed by atoms with Crippen molar-refractivity contribution in [2.75, 3.05) is 25.1 Å². The van der Waals surface area contributed by atoms with E-state index in [9.17, 15) is 27.9 Å². The molecule has 2 aliphatic heterocycles. The monoisotopic (exact) mass is 624 g/mol. The molecule has 1 N–H and O–H groups in total. The summed E-state index contributed by atoms with van der Waals surface area (Å²) in [5, 5.41) is 9.38. The van der Waals surface area contributed by atoms with Gasteiger partial charge in [-0.3, -0.25) is 9.69 Å². The zero-order chi connectivity index (χ0) is 32.2. The van der Waals surface area contributed by atoms with Gasteiger partial charge in [0.05, 0.1) is 42.6 Å². The van der Waals surface area contributed by atoms with Gasteiger partial charge in [0.2, 0.25) is 5.95 Å². The number of anilines is 1. The third kappa shape index (κ3) is 5.78. The molecular weight excluding hydrogens is 589 g/mol. The van der Waals surface area contributed by atoms with Gasteiger partial charge in [0.15, 0.2) is 0 Å². The highest BCUT2D eigenvalue weighted by atomic mass is 19.4. The second kappa shape index (κ2) is 11.5. The molecule has 9 nitrogen and oxygen atoms in total. The molecule has 3 heterocycles. The van der Waals surface area contributed by atoms with Crippen molar-refractivity contribution in [3.8, 4) is 16.9 Å². The number of nitrogens with zero attached hydrogens (tertiary/aromatic N) is 4. The first kappa shape index (κ1) is 30.7. The van der Waals surface area contributed by atoms with Crippen LogP contribution in [-0.2, 0) is 22.3 Å². The molecule has 12 heteroatoms. The molecule has 2 atom stereocenters. The molecular formula is C33H35F3N4O5. The summed E-state index contributed by atoms with van der Waals surface area (Å²) in [6, 6.07) is 8.91. The number of aliphatic carboxylic acids is 1. The van der Waals surface area contributed by atoms with E-state index in [2.05, 4.69) is 0 Å². The quantitative estimate of drug-likeness (QED) is 0.297. The number of benzene rings is 2. The first-order valence-electron chi connectivity index (χ1n) is 15.0. The molecule has 1 amide bonds. The van der Waals surface area contributed by atoms with Gasteiger partial charge in [-0.05, 0) is 81.3 Å². The Morgan fingerprint density at radius 3 is 2.44 bits per heavy atom. The van der Waals surface area contributed by atoms with Crippen molar-refractivity contribution in [3.05, 3.63) is 70.0 Å². The van der Waals surface area contributed by atoms with E-state index < -0.39 is 35.9 Å². The number of carbonyl (C=O) groups excluding carboxylic acids is 1. The number of alkyl halides is 3. The number of rotatable bonds is 8. The summed E-state index contributed by atoms with van der Waals surface area (Å²) in [5.41, 5.74) is 3.53. The van der Waals surface area contributed by atoms with Crippen molar-refractivity contribution >= 4 is 18.0 Å². The van der Waals surface area contributed by atoms with Gasteiger partial charge < -0.3 is 19.5 Å². The van der Waals surface area contributed by atoms with Crippen LogP contribution in [0.2, 0.25) is 0 Å². The van der Waals surface area contributed by atoms with Crippen LogP contribution in [0.1, 0.15) is 71.8 Å². The molecule has 238 valence electrons. The van der Waals surface area contributed by atoms with Gasteiger partial charge in [-0.15, -0.1) is 0 Å². The zero-order valence-corrected chi connectivity index (χ0v) is 25.5. The minimum absolute atomic E-state index is 0.0336. The number of carboxylic acids is 1. The molecule has 1 saturated carbocycles. The maximum Gasteiger partial charge on any atom is 0.416 e. The van der Waals surface area contributed by atoms with E-state index >= 15 is 0 Å². The molecule has 0 spiro atoms. The molecule has 45 heavy (non-hydrogen) atoms. The number of carbonyl (C=O) groups is 2. The molecule has 3 aliphatic rings. The van der Waals surface area contributed by atoms with Crippen molar-refractivity contribution < 1.29 is 37.3 Å². The number of amides is 1. The highest BCUT2D eigenvalue weighted by molar-refractivity contribution is 5.78. The standard InChI is InChI=1S/C33H35F3N4O5/c1-17-10-22(14-24(11-17)33(34,35)36)29-19(3)40(32(43)45-29)16-26-28(18(2)37-31(38-26)39-8-5-9-39)25-15-20(6-7-27(25)44-4)21-12-23(13-21)30(41)42/h6-7,10-11,14-15,19,21,23,29H,5,8-9,12-13,16H2,1-4H3,(H,41,42)/t19-,21?,23?,29-/m0/s1. The SMILES string of the molecule is COc1ccc(C2CC(C(=O)O)C2)cc1-c1c(C)nc(N2CCC2)nc1CN1C(=O)O[C@H](c2cc(C)cc(C(F)(F)F)c2)[C@@H]1C. The Morgan fingerprint density at radius 2 is 1.82 bits per heavy atom. The van der Waals surface area contributed by atoms with E-state index in [4.69, 9.17) is 19.4 Å². The number of aromatic nitrogens is 2. The topological polar surface area (TPSA) is 105 Å². The lowest BCUT2D eigenvalue weighted by molar-refractivity contribution is -0.145. The highest BCUT2D eigenvalue weighted by Gasteiger charge is 2.42. The summed E-state index contributed by atoms with van der Waals surface area (Å²) >= 11 is 0. The Bertz CT molecular complexity index is 1650. The summed E-state index contributed by atoms with van der Waals surface area (Å²) in [4.78, 5) is 38.0. The third-order valence-electron chi connectivity index (χ3n) is 9.21. The van der Waals surface area contributed by atoms with Gasteiger partial charge in [-0.25, -0.2) is 14.8 Å². The fourth-order valence-corrected chi connectivity index (χ4v) is 6.47. The van der Waals surface area contributed by atoms with Crippen LogP contribution < -0.4 is 9.64 Å². The Labute approximate surface area is 259 Å². The smallest absolute Gasteiger partial charge is 0.416 e. The summed E-state index contributed by atoms with van der Waals surface area (Å²) in [5.74, 6) is 0.0469. The van der Waals surface area contributed by atoms with E-state index in [0.717, 1.165) is 42.8 Å². The minimum atomic E-state index is -4.53. The lowest BCUT2D eigenvalue weighted by Crippen LogP contribution is -2.39. The molecule has 0 unspecified atom stereocenters. The van der Waals surface area contributed by atoms with Crippen molar-refractivity contribution in [1.29, 1.82) is 0 Å². The second-order valence-electron chi connectivity index (χ2n) is 12.2. The summed E-state index contributed by atoms with van der Waals surface area (Å²) in [6.45, 7) is 6.86. The molecule has 2 saturated heterocycles. The Balaban J connectivity index is 1.38. The predicted molar refractivity (Wildman–Crippen MR) is 159 cm³/mol. The van der Waals surface area contributed by atoms with Crippen LogP contribution in [0.4, 0.5) is 23.9 Å². The van der Waals surface area contributed by atoms with E-state index in [1.165, 1.54) is 4.90 Å². The fourth-order valence-electron chi connectivity index (χ4n) is 6.47. The van der Waals surface area contributed by atoms with Crippen molar-refractivity contribution in [3.63, 3.8) is 0 Å². The lowest BCUT2D eigenvalue weighted by atomic mass is 9.71. The average molecular weight is 625 g/mol. The van der Waals surface area contributed by atoms with Gasteiger partial charge in [0, 0.05) is 24.2 Å². The summed E-state index contributed by atoms with van der Waals surface area (Å²) < 4.78 is 52.2. The van der Waals surface area contributed by atoms with Crippen LogP contribution in [0.3, 0.4) is 0 Å². The van der Waals surface area contributed by atoms with Crippen LogP contribution in [-0.4, -0.2) is 58.3 Å². The number of carboxylic acid groups (broad SMARTS) is 1. The minimum Gasteiger partial charge on any atom is -0.496 e. The van der Waals surface area contributed by atoms with Gasteiger partial charge in [0.25, 0.3) is 0 Å². The van der Waals surface area contributed by atoms with Gasteiger partial charge >= 0.3 is 18.2 Å². The number of ether oxygens (including phenoxy) is 2. The molecule has 0 bridgehead atoms. The van der Waals surface area contributed by atoms with Crippen LogP contribution in [0.15, 0.2) is 36.4 Å². The van der Waals surface area contributed by atoms with E-state index in [0.29, 0.717) is 47.1 Å². The number of aryl methyl sites for hydroxylation is 2. The van der Waals surface area contributed by atoms with Gasteiger partial charge in [-0.2, -0.15) is 13.2 Å². The van der Waals surface area contributed by atoms with E-state index in [1.54, 1.807) is 27.0 Å². The molecule has 3 aromatic rings. The highest BCUT2D eigenvalue weighted by Crippen LogP contribution is 2.45. The zero-order valence-electron chi connectivity index (χ0n) is 25.5. The van der Waals surface area contributed by atoms with Gasteiger partial charge in [-0.1, -0.05) is 17.7 Å². The summed E-state index contributed by atoms with van der Waals surface area (Å²) in [7, 11) is 1.56. The maximum absolute atomic E-state index is 13.6. The second-order valence-corrected chi connectivity index (χ2v) is 12.2. The number of hydrogen-bond acceptors (Lipinski definition) is 7. The van der Waals surface area contributed by atoms with Crippen molar-refractivity contribution in [2.45, 2.75) is 70.8 Å². The van der Waals surface area contributed by atoms with Crippen molar-refractivity contribution in [2.24, 2.45) is 5.92 Å². The fraction of sp³-hybridized carbons (Fsp3) is 0.455. The number of hydrogen-bond donors (Lipinski definition) is 1. The van der Waals surface area contributed by atoms with Crippen LogP contribution in [0.5, 0.6) is 5.75 Å². The lowest BCUT2D eigenvalue weighted by Gasteiger charge is -2.33. The van der Waals surface area contributed by atoms with Crippen LogP contribution in [0.25, 0.3) is 11.1 Å². The first-order chi connectivity index (χ1) is 21.3. The van der Waals surface area contributed by atoms with Crippen LogP contribution >= 0.6 is 0 Å². The molecule has 1 aromatic heterocycles. The van der Waals surface area contributed by atoms with E-state index in [1.807, 2.05) is 30.0 Å². The number of halogens is 3. The Morgan fingerprint density at radius 1 is 1.09 bits per heavy atom.